The number of hydrogen-bond acceptors (Lipinski definition) is 3. The standard InChI is InChI=1S/C18H16Cl2O4/c1-18(9-11-6-7-13(19)14(20)8-11)17(23-10-16(21)22)12-4-2-3-5-15(12)24-18/h2-8,17H,9-10H2,1H3,(H,21,22)/t17-,18-/m0/s1. The molecule has 2 atom stereocenters. The van der Waals surface area contributed by atoms with Crippen LogP contribution in [0, 0.1) is 0 Å². The fourth-order valence-electron chi connectivity index (χ4n) is 3.03. The molecule has 1 N–H and O–H groups in total. The molecule has 1 aliphatic rings. The van der Waals surface area contributed by atoms with Crippen molar-refractivity contribution in [2.45, 2.75) is 25.0 Å². The molecule has 1 heterocycles. The summed E-state index contributed by atoms with van der Waals surface area (Å²) in [4.78, 5) is 10.9. The van der Waals surface area contributed by atoms with Crippen LogP contribution < -0.4 is 4.74 Å². The Morgan fingerprint density at radius 3 is 2.71 bits per heavy atom. The summed E-state index contributed by atoms with van der Waals surface area (Å²) < 4.78 is 11.8. The zero-order valence-electron chi connectivity index (χ0n) is 13.0. The van der Waals surface area contributed by atoms with E-state index in [9.17, 15) is 4.79 Å². The molecule has 3 rings (SSSR count). The van der Waals surface area contributed by atoms with Gasteiger partial charge in [-0.2, -0.15) is 0 Å². The Labute approximate surface area is 149 Å². The largest absolute Gasteiger partial charge is 0.484 e. The first-order valence-electron chi connectivity index (χ1n) is 7.44. The maximum absolute atomic E-state index is 10.9. The molecule has 0 radical (unpaired) electrons. The summed E-state index contributed by atoms with van der Waals surface area (Å²) in [6.45, 7) is 1.52. The zero-order valence-corrected chi connectivity index (χ0v) is 14.5. The first-order valence-corrected chi connectivity index (χ1v) is 8.20. The number of halogens is 2. The summed E-state index contributed by atoms with van der Waals surface area (Å²) in [5, 5.41) is 9.91. The van der Waals surface area contributed by atoms with Crippen LogP contribution in [-0.2, 0) is 16.0 Å². The van der Waals surface area contributed by atoms with Crippen molar-refractivity contribution in [1.29, 1.82) is 0 Å². The smallest absolute Gasteiger partial charge is 0.329 e. The highest BCUT2D eigenvalue weighted by molar-refractivity contribution is 6.42. The monoisotopic (exact) mass is 366 g/mol. The molecule has 0 aromatic heterocycles. The van der Waals surface area contributed by atoms with Gasteiger partial charge in [-0.05, 0) is 30.7 Å². The number of benzene rings is 2. The second-order valence-corrected chi connectivity index (χ2v) is 6.78. The van der Waals surface area contributed by atoms with Crippen molar-refractivity contribution in [3.05, 3.63) is 63.6 Å². The molecule has 0 fully saturated rings. The lowest BCUT2D eigenvalue weighted by Crippen LogP contribution is -2.39. The minimum Gasteiger partial charge on any atom is -0.484 e. The number of rotatable bonds is 5. The fraction of sp³-hybridized carbons (Fsp3) is 0.278. The highest BCUT2D eigenvalue weighted by atomic mass is 35.5. The van der Waals surface area contributed by atoms with Gasteiger partial charge in [0.25, 0.3) is 0 Å². The van der Waals surface area contributed by atoms with Gasteiger partial charge in [0.2, 0.25) is 0 Å². The van der Waals surface area contributed by atoms with Crippen molar-refractivity contribution in [3.63, 3.8) is 0 Å². The molecule has 24 heavy (non-hydrogen) atoms. The van der Waals surface area contributed by atoms with Crippen LogP contribution in [-0.4, -0.2) is 23.3 Å². The summed E-state index contributed by atoms with van der Waals surface area (Å²) in [5.41, 5.74) is 1.04. The zero-order chi connectivity index (χ0) is 17.3. The lowest BCUT2D eigenvalue weighted by atomic mass is 9.89. The molecule has 0 unspecified atom stereocenters. The molecule has 2 aromatic rings. The van der Waals surface area contributed by atoms with Gasteiger partial charge in [-0.3, -0.25) is 0 Å². The van der Waals surface area contributed by atoms with Crippen LogP contribution in [0.15, 0.2) is 42.5 Å². The third kappa shape index (κ3) is 3.36. The third-order valence-corrected chi connectivity index (χ3v) is 4.75. The minimum atomic E-state index is -1.02. The van der Waals surface area contributed by atoms with Crippen molar-refractivity contribution in [1.82, 2.24) is 0 Å². The van der Waals surface area contributed by atoms with Gasteiger partial charge in [-0.1, -0.05) is 47.5 Å². The number of ether oxygens (including phenoxy) is 2. The van der Waals surface area contributed by atoms with Gasteiger partial charge >= 0.3 is 5.97 Å². The minimum absolute atomic E-state index is 0.390. The van der Waals surface area contributed by atoms with E-state index in [2.05, 4.69) is 0 Å². The van der Waals surface area contributed by atoms with Crippen molar-refractivity contribution in [3.8, 4) is 5.75 Å². The normalized spacial score (nSPS) is 22.0. The van der Waals surface area contributed by atoms with E-state index in [0.717, 1.165) is 11.1 Å². The summed E-state index contributed by atoms with van der Waals surface area (Å²) in [6, 6.07) is 12.9. The predicted octanol–water partition coefficient (Wildman–Crippen LogP) is 4.53. The van der Waals surface area contributed by atoms with Crippen LogP contribution >= 0.6 is 23.2 Å². The van der Waals surface area contributed by atoms with Crippen molar-refractivity contribution < 1.29 is 19.4 Å². The number of aliphatic carboxylic acids is 1. The van der Waals surface area contributed by atoms with Gasteiger partial charge in [-0.15, -0.1) is 0 Å². The van der Waals surface area contributed by atoms with Crippen molar-refractivity contribution in [2.24, 2.45) is 0 Å². The van der Waals surface area contributed by atoms with E-state index in [-0.39, 0.29) is 6.61 Å². The Morgan fingerprint density at radius 1 is 1.25 bits per heavy atom. The molecule has 0 saturated carbocycles. The first-order chi connectivity index (χ1) is 11.4. The van der Waals surface area contributed by atoms with Gasteiger partial charge in [-0.25, -0.2) is 4.79 Å². The van der Waals surface area contributed by atoms with E-state index >= 15 is 0 Å². The lowest BCUT2D eigenvalue weighted by Gasteiger charge is -2.30. The second kappa shape index (κ2) is 6.63. The fourth-order valence-corrected chi connectivity index (χ4v) is 3.35. The second-order valence-electron chi connectivity index (χ2n) is 5.96. The molecule has 4 nitrogen and oxygen atoms in total. The third-order valence-electron chi connectivity index (χ3n) is 4.01. The maximum atomic E-state index is 10.9. The molecular formula is C18H16Cl2O4. The molecule has 2 aromatic carbocycles. The molecule has 0 spiro atoms. The number of carboxylic acids is 1. The summed E-state index contributed by atoms with van der Waals surface area (Å²) in [6.07, 6.45) is 0.0160. The van der Waals surface area contributed by atoms with Gasteiger partial charge in [0.1, 0.15) is 24.1 Å². The average molecular weight is 367 g/mol. The summed E-state index contributed by atoms with van der Waals surface area (Å²) >= 11 is 12.1. The highest BCUT2D eigenvalue weighted by Crippen LogP contribution is 2.47. The first kappa shape index (κ1) is 17.1. The Morgan fingerprint density at radius 2 is 2.00 bits per heavy atom. The molecule has 6 heteroatoms. The van der Waals surface area contributed by atoms with Gasteiger partial charge < -0.3 is 14.6 Å². The quantitative estimate of drug-likeness (QED) is 0.844. The van der Waals surface area contributed by atoms with Gasteiger partial charge in [0.05, 0.1) is 10.0 Å². The average Bonchev–Trinajstić information content (AvgIpc) is 2.80. The Balaban J connectivity index is 1.91. The lowest BCUT2D eigenvalue weighted by molar-refractivity contribution is -0.148. The van der Waals surface area contributed by atoms with Crippen LogP contribution in [0.25, 0.3) is 0 Å². The van der Waals surface area contributed by atoms with Crippen molar-refractivity contribution >= 4 is 29.2 Å². The Hall–Kier alpha value is -1.75. The molecular weight excluding hydrogens is 351 g/mol. The Kier molecular flexibility index (Phi) is 4.72. The number of carbonyl (C=O) groups is 1. The highest BCUT2D eigenvalue weighted by Gasteiger charge is 2.46. The van der Waals surface area contributed by atoms with Crippen LogP contribution in [0.2, 0.25) is 10.0 Å². The number of carboxylic acid groups (broad SMARTS) is 1. The predicted molar refractivity (Wildman–Crippen MR) is 92.0 cm³/mol. The molecule has 0 saturated heterocycles. The van der Waals surface area contributed by atoms with E-state index in [1.807, 2.05) is 37.3 Å². The summed E-state index contributed by atoms with van der Waals surface area (Å²) in [5.74, 6) is -0.313. The van der Waals surface area contributed by atoms with E-state index in [1.165, 1.54) is 0 Å². The van der Waals surface area contributed by atoms with Crippen LogP contribution in [0.1, 0.15) is 24.2 Å². The van der Waals surface area contributed by atoms with Crippen molar-refractivity contribution in [2.75, 3.05) is 6.61 Å². The van der Waals surface area contributed by atoms with E-state index in [1.54, 1.807) is 12.1 Å². The SMILES string of the molecule is C[C@@]1(Cc2ccc(Cl)c(Cl)c2)Oc2ccccc2[C@@H]1OCC(=O)O. The number of fused-ring (bicyclic) bond motifs is 1. The molecule has 0 aliphatic carbocycles. The molecule has 0 amide bonds. The topological polar surface area (TPSA) is 55.8 Å². The molecule has 1 aliphatic heterocycles. The van der Waals surface area contributed by atoms with Crippen LogP contribution in [0.5, 0.6) is 5.75 Å². The molecule has 126 valence electrons. The van der Waals surface area contributed by atoms with Crippen LogP contribution in [0.3, 0.4) is 0 Å². The van der Waals surface area contributed by atoms with Gasteiger partial charge in [0, 0.05) is 12.0 Å². The van der Waals surface area contributed by atoms with E-state index in [4.69, 9.17) is 37.8 Å². The number of hydrogen-bond donors (Lipinski definition) is 1. The maximum Gasteiger partial charge on any atom is 0.329 e. The van der Waals surface area contributed by atoms with Crippen LogP contribution in [0.4, 0.5) is 0 Å². The van der Waals surface area contributed by atoms with Gasteiger partial charge in [0.15, 0.2) is 0 Å². The molecule has 0 bridgehead atoms. The van der Waals surface area contributed by atoms with E-state index < -0.39 is 17.7 Å². The summed E-state index contributed by atoms with van der Waals surface area (Å²) in [7, 11) is 0. The number of para-hydroxylation sites is 1. The Bertz CT molecular complexity index is 777. The van der Waals surface area contributed by atoms with E-state index in [0.29, 0.717) is 22.2 Å².